The van der Waals surface area contributed by atoms with E-state index in [4.69, 9.17) is 9.84 Å². The lowest BCUT2D eigenvalue weighted by Gasteiger charge is -2.17. The van der Waals surface area contributed by atoms with Gasteiger partial charge in [-0.3, -0.25) is 14.5 Å². The molecule has 0 atom stereocenters. The van der Waals surface area contributed by atoms with Crippen LogP contribution in [0.25, 0.3) is 0 Å². The number of fused-ring (bicyclic) bond motifs is 1. The number of carbonyl (C=O) groups excluding carboxylic acids is 2. The minimum atomic E-state index is -0.368. The van der Waals surface area contributed by atoms with Gasteiger partial charge < -0.3 is 14.7 Å². The van der Waals surface area contributed by atoms with E-state index in [2.05, 4.69) is 18.7 Å². The fourth-order valence-corrected chi connectivity index (χ4v) is 2.68. The first kappa shape index (κ1) is 17.4. The topological polar surface area (TPSA) is 70.1 Å². The Labute approximate surface area is 136 Å². The fourth-order valence-electron chi connectivity index (χ4n) is 2.68. The molecule has 1 aliphatic heterocycles. The van der Waals surface area contributed by atoms with Crippen LogP contribution in [0.4, 0.5) is 0 Å². The third kappa shape index (κ3) is 3.89. The second-order valence-corrected chi connectivity index (χ2v) is 5.42. The molecule has 1 aromatic carbocycles. The molecule has 126 valence electrons. The first-order chi connectivity index (χ1) is 11.1. The molecule has 2 rings (SSSR count). The first-order valence-corrected chi connectivity index (χ1v) is 8.08. The molecule has 0 radical (unpaired) electrons. The summed E-state index contributed by atoms with van der Waals surface area (Å²) in [7, 11) is 0. The molecule has 0 aromatic heterocycles. The molecule has 1 heterocycles. The van der Waals surface area contributed by atoms with Crippen LogP contribution in [-0.4, -0.2) is 66.1 Å². The van der Waals surface area contributed by atoms with Gasteiger partial charge in [-0.2, -0.15) is 0 Å². The van der Waals surface area contributed by atoms with Gasteiger partial charge in [0, 0.05) is 6.54 Å². The Kier molecular flexibility index (Phi) is 6.12. The molecule has 1 N–H and O–H groups in total. The van der Waals surface area contributed by atoms with Gasteiger partial charge in [-0.05, 0) is 37.7 Å². The van der Waals surface area contributed by atoms with Crippen molar-refractivity contribution in [3.8, 4) is 5.75 Å². The van der Waals surface area contributed by atoms with Crippen LogP contribution in [0.5, 0.6) is 5.75 Å². The average Bonchev–Trinajstić information content (AvgIpc) is 2.80. The summed E-state index contributed by atoms with van der Waals surface area (Å²) in [6.45, 7) is 7.63. The van der Waals surface area contributed by atoms with E-state index in [0.29, 0.717) is 23.5 Å². The van der Waals surface area contributed by atoms with Gasteiger partial charge in [0.2, 0.25) is 0 Å². The van der Waals surface area contributed by atoms with E-state index in [1.54, 1.807) is 18.2 Å². The van der Waals surface area contributed by atoms with Gasteiger partial charge in [-0.1, -0.05) is 13.8 Å². The number of aliphatic hydroxyl groups is 1. The molecule has 6 heteroatoms. The van der Waals surface area contributed by atoms with Gasteiger partial charge in [-0.25, -0.2) is 0 Å². The molecule has 0 aliphatic carbocycles. The molecule has 0 fully saturated rings. The SMILES string of the molecule is CCN(CC)CCCOc1ccc2c(c1)C(=O)N(CCO)C2=O. The molecule has 0 saturated carbocycles. The number of nitrogens with zero attached hydrogens (tertiary/aromatic N) is 2. The summed E-state index contributed by atoms with van der Waals surface area (Å²) < 4.78 is 5.69. The van der Waals surface area contributed by atoms with Gasteiger partial charge in [0.05, 0.1) is 30.9 Å². The Morgan fingerprint density at radius 1 is 1.13 bits per heavy atom. The lowest BCUT2D eigenvalue weighted by molar-refractivity contribution is 0.0624. The smallest absolute Gasteiger partial charge is 0.261 e. The van der Waals surface area contributed by atoms with Crippen LogP contribution in [0.3, 0.4) is 0 Å². The minimum absolute atomic E-state index is 0.0202. The lowest BCUT2D eigenvalue weighted by atomic mass is 10.1. The quantitative estimate of drug-likeness (QED) is 0.550. The van der Waals surface area contributed by atoms with Crippen LogP contribution in [0.2, 0.25) is 0 Å². The van der Waals surface area contributed by atoms with Crippen molar-refractivity contribution in [1.29, 1.82) is 0 Å². The number of rotatable bonds is 9. The largest absolute Gasteiger partial charge is 0.494 e. The van der Waals surface area contributed by atoms with Crippen molar-refractivity contribution in [2.24, 2.45) is 0 Å². The molecule has 6 nitrogen and oxygen atoms in total. The number of imide groups is 1. The van der Waals surface area contributed by atoms with E-state index in [1.807, 2.05) is 0 Å². The molecule has 0 spiro atoms. The van der Waals surface area contributed by atoms with Crippen molar-refractivity contribution in [2.45, 2.75) is 20.3 Å². The Hall–Kier alpha value is -1.92. The molecule has 0 unspecified atom stereocenters. The summed E-state index contributed by atoms with van der Waals surface area (Å²) in [5.41, 5.74) is 0.726. The Morgan fingerprint density at radius 2 is 1.83 bits per heavy atom. The highest BCUT2D eigenvalue weighted by Crippen LogP contribution is 2.26. The summed E-state index contributed by atoms with van der Waals surface area (Å²) in [5.74, 6) is -0.130. The van der Waals surface area contributed by atoms with Crippen molar-refractivity contribution in [3.63, 3.8) is 0 Å². The molecule has 23 heavy (non-hydrogen) atoms. The monoisotopic (exact) mass is 320 g/mol. The highest BCUT2D eigenvalue weighted by Gasteiger charge is 2.35. The fraction of sp³-hybridized carbons (Fsp3) is 0.529. The summed E-state index contributed by atoms with van der Waals surface area (Å²) in [6.07, 6.45) is 0.905. The summed E-state index contributed by atoms with van der Waals surface area (Å²) in [4.78, 5) is 27.6. The molecular weight excluding hydrogens is 296 g/mol. The van der Waals surface area contributed by atoms with Crippen molar-refractivity contribution < 1.29 is 19.4 Å². The zero-order valence-corrected chi connectivity index (χ0v) is 13.7. The zero-order chi connectivity index (χ0) is 16.8. The van der Waals surface area contributed by atoms with Crippen molar-refractivity contribution >= 4 is 11.8 Å². The number of benzene rings is 1. The molecular formula is C17H24N2O4. The van der Waals surface area contributed by atoms with Gasteiger partial charge in [-0.15, -0.1) is 0 Å². The Bertz CT molecular complexity index is 570. The second-order valence-electron chi connectivity index (χ2n) is 5.42. The van der Waals surface area contributed by atoms with E-state index in [1.165, 1.54) is 0 Å². The second kappa shape index (κ2) is 8.08. The predicted molar refractivity (Wildman–Crippen MR) is 86.8 cm³/mol. The zero-order valence-electron chi connectivity index (χ0n) is 13.7. The highest BCUT2D eigenvalue weighted by molar-refractivity contribution is 6.21. The number of aliphatic hydroxyl groups excluding tert-OH is 1. The van der Waals surface area contributed by atoms with Gasteiger partial charge >= 0.3 is 0 Å². The number of amides is 2. The maximum Gasteiger partial charge on any atom is 0.261 e. The van der Waals surface area contributed by atoms with Crippen molar-refractivity contribution in [1.82, 2.24) is 9.80 Å². The lowest BCUT2D eigenvalue weighted by Crippen LogP contribution is -2.32. The van der Waals surface area contributed by atoms with E-state index in [9.17, 15) is 9.59 Å². The van der Waals surface area contributed by atoms with Crippen LogP contribution in [0, 0.1) is 0 Å². The Morgan fingerprint density at radius 3 is 2.48 bits per heavy atom. The van der Waals surface area contributed by atoms with Crippen LogP contribution >= 0.6 is 0 Å². The van der Waals surface area contributed by atoms with Crippen molar-refractivity contribution in [2.75, 3.05) is 39.4 Å². The molecule has 0 bridgehead atoms. The minimum Gasteiger partial charge on any atom is -0.494 e. The van der Waals surface area contributed by atoms with Crippen LogP contribution < -0.4 is 4.74 Å². The van der Waals surface area contributed by atoms with E-state index in [-0.39, 0.29) is 25.0 Å². The van der Waals surface area contributed by atoms with Crippen LogP contribution in [0.15, 0.2) is 18.2 Å². The predicted octanol–water partition coefficient (Wildman–Crippen LogP) is 1.39. The van der Waals surface area contributed by atoms with E-state index in [0.717, 1.165) is 31.0 Å². The molecule has 2 amide bonds. The molecule has 1 aromatic rings. The third-order valence-corrected chi connectivity index (χ3v) is 4.05. The molecule has 1 aliphatic rings. The summed E-state index contributed by atoms with van der Waals surface area (Å²) in [6, 6.07) is 4.95. The Balaban J connectivity index is 1.95. The third-order valence-electron chi connectivity index (χ3n) is 4.05. The first-order valence-electron chi connectivity index (χ1n) is 8.08. The van der Waals surface area contributed by atoms with Crippen LogP contribution in [-0.2, 0) is 0 Å². The number of carbonyl (C=O) groups is 2. The van der Waals surface area contributed by atoms with E-state index >= 15 is 0 Å². The van der Waals surface area contributed by atoms with Gasteiger partial charge in [0.25, 0.3) is 11.8 Å². The van der Waals surface area contributed by atoms with Gasteiger partial charge in [0.1, 0.15) is 5.75 Å². The standard InChI is InChI=1S/C17H24N2O4/c1-3-18(4-2)8-5-11-23-13-6-7-14-15(12-13)17(22)19(9-10-20)16(14)21/h6-7,12,20H,3-5,8-11H2,1-2H3. The number of ether oxygens (including phenoxy) is 1. The average molecular weight is 320 g/mol. The number of hydrogen-bond acceptors (Lipinski definition) is 5. The summed E-state index contributed by atoms with van der Waals surface area (Å²) >= 11 is 0. The maximum atomic E-state index is 12.2. The molecule has 0 saturated heterocycles. The van der Waals surface area contributed by atoms with Gasteiger partial charge in [0.15, 0.2) is 0 Å². The number of β-amino-alcohol motifs (C(OH)–C–C–N with tert-alkyl or cyclic N) is 1. The highest BCUT2D eigenvalue weighted by atomic mass is 16.5. The van der Waals surface area contributed by atoms with Crippen LogP contribution in [0.1, 0.15) is 41.0 Å². The maximum absolute atomic E-state index is 12.2. The van der Waals surface area contributed by atoms with E-state index < -0.39 is 0 Å². The normalized spacial score (nSPS) is 13.8. The van der Waals surface area contributed by atoms with Crippen molar-refractivity contribution in [3.05, 3.63) is 29.3 Å². The number of hydrogen-bond donors (Lipinski definition) is 1. The summed E-state index contributed by atoms with van der Waals surface area (Å²) in [5, 5.41) is 8.95.